The highest BCUT2D eigenvalue weighted by Gasteiger charge is 2.02. The van der Waals surface area contributed by atoms with Crippen LogP contribution in [-0.2, 0) is 4.79 Å². The number of anilines is 1. The number of carbonyl (C=O) groups is 1. The first-order chi connectivity index (χ1) is 7.00. The van der Waals surface area contributed by atoms with E-state index < -0.39 is 0 Å². The Morgan fingerprint density at radius 3 is 2.60 bits per heavy atom. The Morgan fingerprint density at radius 1 is 1.40 bits per heavy atom. The molecule has 0 heterocycles. The third-order valence-electron chi connectivity index (χ3n) is 2.12. The summed E-state index contributed by atoms with van der Waals surface area (Å²) in [6, 6.07) is 7.49. The highest BCUT2D eigenvalue weighted by atomic mass is 16.2. The van der Waals surface area contributed by atoms with Gasteiger partial charge in [0, 0.05) is 25.9 Å². The molecule has 80 valence electrons. The van der Waals surface area contributed by atoms with Gasteiger partial charge in [-0.3, -0.25) is 4.79 Å². The van der Waals surface area contributed by atoms with Gasteiger partial charge in [-0.05, 0) is 30.2 Å². The summed E-state index contributed by atoms with van der Waals surface area (Å²) in [6.07, 6.45) is 1.61. The molecule has 0 aliphatic carbocycles. The second-order valence-electron chi connectivity index (χ2n) is 3.69. The highest BCUT2D eigenvalue weighted by molar-refractivity contribution is 5.94. The minimum Gasteiger partial charge on any atom is -0.399 e. The molecule has 3 nitrogen and oxygen atoms in total. The molecule has 0 aromatic heterocycles. The zero-order valence-corrected chi connectivity index (χ0v) is 9.32. The lowest BCUT2D eigenvalue weighted by Crippen LogP contribution is -2.19. The van der Waals surface area contributed by atoms with Crippen molar-refractivity contribution in [3.8, 4) is 0 Å². The van der Waals surface area contributed by atoms with Gasteiger partial charge in [0.2, 0.25) is 5.91 Å². The fourth-order valence-corrected chi connectivity index (χ4v) is 1.18. The van der Waals surface area contributed by atoms with Gasteiger partial charge in [-0.1, -0.05) is 12.1 Å². The van der Waals surface area contributed by atoms with Crippen LogP contribution in [0.5, 0.6) is 0 Å². The van der Waals surface area contributed by atoms with Gasteiger partial charge < -0.3 is 10.6 Å². The van der Waals surface area contributed by atoms with E-state index in [9.17, 15) is 4.79 Å². The lowest BCUT2D eigenvalue weighted by molar-refractivity contribution is -0.123. The van der Waals surface area contributed by atoms with Crippen molar-refractivity contribution in [3.63, 3.8) is 0 Å². The van der Waals surface area contributed by atoms with E-state index >= 15 is 0 Å². The monoisotopic (exact) mass is 204 g/mol. The number of amides is 1. The van der Waals surface area contributed by atoms with Gasteiger partial charge in [0.15, 0.2) is 0 Å². The fraction of sp³-hybridized carbons (Fsp3) is 0.250. The van der Waals surface area contributed by atoms with Crippen molar-refractivity contribution in [1.82, 2.24) is 4.90 Å². The topological polar surface area (TPSA) is 46.3 Å². The molecule has 0 saturated heterocycles. The molecule has 1 rings (SSSR count). The van der Waals surface area contributed by atoms with Crippen LogP contribution in [0.25, 0.3) is 5.57 Å². The summed E-state index contributed by atoms with van der Waals surface area (Å²) >= 11 is 0. The van der Waals surface area contributed by atoms with Crippen molar-refractivity contribution in [3.05, 3.63) is 35.9 Å². The average molecular weight is 204 g/mol. The number of nitrogens with zero attached hydrogens (tertiary/aromatic N) is 1. The first kappa shape index (κ1) is 11.3. The molecule has 1 aromatic rings. The number of rotatable bonds is 2. The number of nitrogen functional groups attached to an aromatic ring is 1. The molecule has 0 atom stereocenters. The van der Waals surface area contributed by atoms with Crippen LogP contribution in [0.3, 0.4) is 0 Å². The third kappa shape index (κ3) is 3.13. The summed E-state index contributed by atoms with van der Waals surface area (Å²) < 4.78 is 0. The molecule has 0 aliphatic heterocycles. The smallest absolute Gasteiger partial charge is 0.246 e. The first-order valence-corrected chi connectivity index (χ1v) is 4.76. The normalized spacial score (nSPS) is 11.3. The minimum atomic E-state index is -0.0186. The van der Waals surface area contributed by atoms with Gasteiger partial charge in [-0.15, -0.1) is 0 Å². The van der Waals surface area contributed by atoms with Crippen LogP contribution in [0.15, 0.2) is 30.3 Å². The number of allylic oxidation sites excluding steroid dienone is 1. The molecular formula is C12H16N2O. The fourth-order valence-electron chi connectivity index (χ4n) is 1.18. The molecule has 1 amide bonds. The van der Waals surface area contributed by atoms with Gasteiger partial charge >= 0.3 is 0 Å². The molecule has 0 spiro atoms. The van der Waals surface area contributed by atoms with Crippen molar-refractivity contribution in [2.75, 3.05) is 19.8 Å². The predicted molar refractivity (Wildman–Crippen MR) is 63.2 cm³/mol. The summed E-state index contributed by atoms with van der Waals surface area (Å²) in [5.74, 6) is -0.0186. The quantitative estimate of drug-likeness (QED) is 0.589. The summed E-state index contributed by atoms with van der Waals surface area (Å²) in [5.41, 5.74) is 8.27. The lowest BCUT2D eigenvalue weighted by atomic mass is 10.1. The Bertz CT molecular complexity index is 394. The van der Waals surface area contributed by atoms with Crippen LogP contribution in [0.1, 0.15) is 12.5 Å². The van der Waals surface area contributed by atoms with Crippen LogP contribution < -0.4 is 5.73 Å². The van der Waals surface area contributed by atoms with Crippen LogP contribution >= 0.6 is 0 Å². The van der Waals surface area contributed by atoms with Gasteiger partial charge in [0.05, 0.1) is 0 Å². The van der Waals surface area contributed by atoms with E-state index in [1.165, 1.54) is 4.90 Å². The van der Waals surface area contributed by atoms with Crippen LogP contribution in [-0.4, -0.2) is 24.9 Å². The summed E-state index contributed by atoms with van der Waals surface area (Å²) in [5, 5.41) is 0. The Balaban J connectivity index is 2.94. The number of benzene rings is 1. The Kier molecular flexibility index (Phi) is 3.50. The molecule has 0 unspecified atom stereocenters. The zero-order valence-electron chi connectivity index (χ0n) is 9.32. The summed E-state index contributed by atoms with van der Waals surface area (Å²) in [6.45, 7) is 1.90. The van der Waals surface area contributed by atoms with Crippen molar-refractivity contribution in [2.24, 2.45) is 0 Å². The molecule has 0 aliphatic rings. The van der Waals surface area contributed by atoms with Crippen molar-refractivity contribution >= 4 is 17.2 Å². The standard InChI is InChI=1S/C12H16N2O/c1-9(7-12(15)14(2)3)10-5-4-6-11(13)8-10/h4-8H,13H2,1-3H3/b9-7+. The molecule has 1 aromatic carbocycles. The maximum Gasteiger partial charge on any atom is 0.246 e. The van der Waals surface area contributed by atoms with E-state index in [4.69, 9.17) is 5.73 Å². The van der Waals surface area contributed by atoms with Crippen molar-refractivity contribution in [2.45, 2.75) is 6.92 Å². The average Bonchev–Trinajstić information content (AvgIpc) is 2.17. The lowest BCUT2D eigenvalue weighted by Gasteiger charge is -2.08. The van der Waals surface area contributed by atoms with Crippen LogP contribution in [0.4, 0.5) is 5.69 Å². The number of nitrogens with two attached hydrogens (primary N) is 1. The van der Waals surface area contributed by atoms with E-state index in [1.807, 2.05) is 31.2 Å². The molecule has 0 fully saturated rings. The maximum absolute atomic E-state index is 11.4. The molecule has 2 N–H and O–H groups in total. The van der Waals surface area contributed by atoms with E-state index in [0.717, 1.165) is 11.1 Å². The maximum atomic E-state index is 11.4. The van der Waals surface area contributed by atoms with E-state index in [0.29, 0.717) is 5.69 Å². The molecular weight excluding hydrogens is 188 g/mol. The predicted octanol–water partition coefficient (Wildman–Crippen LogP) is 1.76. The molecule has 15 heavy (non-hydrogen) atoms. The number of likely N-dealkylation sites (N-methyl/N-ethyl adjacent to an activating group) is 1. The van der Waals surface area contributed by atoms with E-state index in [-0.39, 0.29) is 5.91 Å². The molecule has 0 bridgehead atoms. The van der Waals surface area contributed by atoms with Gasteiger partial charge in [0.1, 0.15) is 0 Å². The largest absolute Gasteiger partial charge is 0.399 e. The second kappa shape index (κ2) is 4.64. The number of hydrogen-bond donors (Lipinski definition) is 1. The minimum absolute atomic E-state index is 0.0186. The van der Waals surface area contributed by atoms with Crippen molar-refractivity contribution < 1.29 is 4.79 Å². The summed E-state index contributed by atoms with van der Waals surface area (Å²) in [7, 11) is 3.46. The molecule has 0 radical (unpaired) electrons. The molecule has 3 heteroatoms. The van der Waals surface area contributed by atoms with Crippen LogP contribution in [0, 0.1) is 0 Å². The Morgan fingerprint density at radius 2 is 2.07 bits per heavy atom. The number of hydrogen-bond acceptors (Lipinski definition) is 2. The van der Waals surface area contributed by atoms with E-state index in [1.54, 1.807) is 20.2 Å². The second-order valence-corrected chi connectivity index (χ2v) is 3.69. The van der Waals surface area contributed by atoms with Gasteiger partial charge in [-0.25, -0.2) is 0 Å². The van der Waals surface area contributed by atoms with Crippen LogP contribution in [0.2, 0.25) is 0 Å². The highest BCUT2D eigenvalue weighted by Crippen LogP contribution is 2.16. The Hall–Kier alpha value is -1.77. The summed E-state index contributed by atoms with van der Waals surface area (Å²) in [4.78, 5) is 13.0. The van der Waals surface area contributed by atoms with Crippen molar-refractivity contribution in [1.29, 1.82) is 0 Å². The first-order valence-electron chi connectivity index (χ1n) is 4.76. The zero-order chi connectivity index (χ0) is 11.4. The van der Waals surface area contributed by atoms with Gasteiger partial charge in [-0.2, -0.15) is 0 Å². The third-order valence-corrected chi connectivity index (χ3v) is 2.12. The molecule has 0 saturated carbocycles. The Labute approximate surface area is 90.2 Å². The van der Waals surface area contributed by atoms with Gasteiger partial charge in [0.25, 0.3) is 0 Å². The van der Waals surface area contributed by atoms with E-state index in [2.05, 4.69) is 0 Å². The SMILES string of the molecule is C/C(=C\C(=O)N(C)C)c1cccc(N)c1. The number of carbonyl (C=O) groups excluding carboxylic acids is 1.